The van der Waals surface area contributed by atoms with E-state index in [2.05, 4.69) is 44.2 Å². The number of nitrogens with zero attached hydrogens (tertiary/aromatic N) is 4. The lowest BCUT2D eigenvalue weighted by molar-refractivity contribution is 0.220. The van der Waals surface area contributed by atoms with Gasteiger partial charge in [-0.15, -0.1) is 0 Å². The maximum Gasteiger partial charge on any atom is 0.224 e. The van der Waals surface area contributed by atoms with Gasteiger partial charge >= 0.3 is 0 Å². The Hall–Kier alpha value is -2.24. The Labute approximate surface area is 205 Å². The third-order valence-electron chi connectivity index (χ3n) is 5.97. The van der Waals surface area contributed by atoms with Crippen LogP contribution in [-0.2, 0) is 0 Å². The molecule has 4 aromatic rings. The molecule has 160 valence electrons. The number of rotatable bonds is 4. The topological polar surface area (TPSA) is 51.6 Å². The summed E-state index contributed by atoms with van der Waals surface area (Å²) >= 11 is 24.9. The highest BCUT2D eigenvalue weighted by Gasteiger charge is 2.54. The predicted octanol–water partition coefficient (Wildman–Crippen LogP) is 7.33. The zero-order valence-corrected chi connectivity index (χ0v) is 19.6. The predicted molar refractivity (Wildman–Crippen MR) is 128 cm³/mol. The minimum atomic E-state index is -0.00434. The number of benzene rings is 2. The molecular formula is C24H16Cl4N4. The van der Waals surface area contributed by atoms with E-state index in [4.69, 9.17) is 46.4 Å². The minimum absolute atomic E-state index is 0.00434. The molecule has 1 saturated carbocycles. The van der Waals surface area contributed by atoms with Crippen LogP contribution in [0.1, 0.15) is 46.2 Å². The van der Waals surface area contributed by atoms with E-state index in [0.717, 1.165) is 22.5 Å². The van der Waals surface area contributed by atoms with E-state index < -0.39 is 0 Å². The van der Waals surface area contributed by atoms with E-state index in [0.29, 0.717) is 10.3 Å². The van der Waals surface area contributed by atoms with E-state index >= 15 is 0 Å². The van der Waals surface area contributed by atoms with E-state index in [1.54, 1.807) is 12.1 Å². The molecule has 0 atom stereocenters. The summed E-state index contributed by atoms with van der Waals surface area (Å²) in [6.07, 6.45) is 0. The SMILES string of the molecule is Clc1cc(C2[C@H](c3ccccc3)[C@H](c3cc(Cl)nc(Cl)n3)[C@H]2c2ccccc2)nc(Cl)n1. The standard InChI is InChI=1S/C24H16Cl4N4/c25-17-11-15(29-23(27)31-17)21-19(13-7-3-1-4-8-13)22(16-12-18(26)32-24(28)30-16)20(21)14-9-5-2-6-10-14/h1-12,19-22H/t19-,20-,21-,22?/m1/s1. The Morgan fingerprint density at radius 1 is 0.469 bits per heavy atom. The van der Waals surface area contributed by atoms with E-state index in [1.165, 1.54) is 0 Å². The average molecular weight is 502 g/mol. The third kappa shape index (κ3) is 4.08. The fraction of sp³-hybridized carbons (Fsp3) is 0.167. The fourth-order valence-electron chi connectivity index (χ4n) is 4.82. The molecule has 1 aliphatic carbocycles. The van der Waals surface area contributed by atoms with Gasteiger partial charge in [0.2, 0.25) is 10.6 Å². The Morgan fingerprint density at radius 3 is 1.19 bits per heavy atom. The summed E-state index contributed by atoms with van der Waals surface area (Å²) in [5.74, 6) is 0.0848. The molecule has 1 aliphatic rings. The number of aromatic nitrogens is 4. The first-order valence-corrected chi connectivity index (χ1v) is 11.5. The van der Waals surface area contributed by atoms with Gasteiger partial charge in [-0.25, -0.2) is 19.9 Å². The van der Waals surface area contributed by atoms with Crippen LogP contribution in [0.5, 0.6) is 0 Å². The molecule has 4 nitrogen and oxygen atoms in total. The smallest absolute Gasteiger partial charge is 0.223 e. The van der Waals surface area contributed by atoms with Crippen molar-refractivity contribution in [3.8, 4) is 0 Å². The number of halogens is 4. The second kappa shape index (κ2) is 8.95. The van der Waals surface area contributed by atoms with Crippen molar-refractivity contribution in [3.63, 3.8) is 0 Å². The van der Waals surface area contributed by atoms with Crippen LogP contribution < -0.4 is 0 Å². The molecule has 32 heavy (non-hydrogen) atoms. The zero-order valence-electron chi connectivity index (χ0n) is 16.5. The first kappa shape index (κ1) is 21.6. The second-order valence-electron chi connectivity index (χ2n) is 7.69. The maximum absolute atomic E-state index is 6.27. The van der Waals surface area contributed by atoms with E-state index in [1.807, 2.05) is 36.4 Å². The second-order valence-corrected chi connectivity index (χ2v) is 9.14. The molecule has 8 heteroatoms. The van der Waals surface area contributed by atoms with Crippen LogP contribution in [0.4, 0.5) is 0 Å². The largest absolute Gasteiger partial charge is 0.224 e. The van der Waals surface area contributed by atoms with Gasteiger partial charge in [-0.3, -0.25) is 0 Å². The monoisotopic (exact) mass is 500 g/mol. The molecule has 2 aromatic carbocycles. The number of hydrogen-bond donors (Lipinski definition) is 0. The third-order valence-corrected chi connectivity index (χ3v) is 6.70. The molecule has 0 radical (unpaired) electrons. The van der Waals surface area contributed by atoms with Crippen molar-refractivity contribution in [3.05, 3.63) is 116 Å². The van der Waals surface area contributed by atoms with Crippen LogP contribution in [-0.4, -0.2) is 19.9 Å². The van der Waals surface area contributed by atoms with Crippen LogP contribution in [0.2, 0.25) is 20.9 Å². The lowest BCUT2D eigenvalue weighted by Gasteiger charge is -2.52. The first-order valence-electron chi connectivity index (χ1n) is 10.0. The van der Waals surface area contributed by atoms with Crippen LogP contribution in [0.3, 0.4) is 0 Å². The summed E-state index contributed by atoms with van der Waals surface area (Å²) in [4.78, 5) is 17.2. The minimum Gasteiger partial charge on any atom is -0.223 e. The van der Waals surface area contributed by atoms with Gasteiger partial charge < -0.3 is 0 Å². The summed E-state index contributed by atoms with van der Waals surface area (Å²) in [6.45, 7) is 0. The Bertz CT molecular complexity index is 1110. The fourth-order valence-corrected chi connectivity index (χ4v) is 5.67. The molecule has 1 fully saturated rings. The molecule has 0 unspecified atom stereocenters. The highest BCUT2D eigenvalue weighted by molar-refractivity contribution is 6.32. The molecule has 2 aromatic heterocycles. The molecule has 0 spiro atoms. The Kier molecular flexibility index (Phi) is 6.04. The van der Waals surface area contributed by atoms with Crippen molar-refractivity contribution in [2.24, 2.45) is 0 Å². The first-order chi connectivity index (χ1) is 15.5. The summed E-state index contributed by atoms with van der Waals surface area (Å²) in [5.41, 5.74) is 3.90. The highest BCUT2D eigenvalue weighted by Crippen LogP contribution is 2.66. The highest BCUT2D eigenvalue weighted by atomic mass is 35.5. The molecule has 0 amide bonds. The number of hydrogen-bond acceptors (Lipinski definition) is 4. The Morgan fingerprint density at radius 2 is 0.844 bits per heavy atom. The van der Waals surface area contributed by atoms with Crippen LogP contribution in [0.15, 0.2) is 72.8 Å². The lowest BCUT2D eigenvalue weighted by atomic mass is 9.50. The van der Waals surface area contributed by atoms with Gasteiger partial charge in [-0.2, -0.15) is 0 Å². The van der Waals surface area contributed by atoms with Crippen molar-refractivity contribution in [1.29, 1.82) is 0 Å². The van der Waals surface area contributed by atoms with Gasteiger partial charge in [0.05, 0.1) is 11.4 Å². The molecule has 0 N–H and O–H groups in total. The summed E-state index contributed by atoms with van der Waals surface area (Å²) < 4.78 is 0. The molecule has 2 heterocycles. The average Bonchev–Trinajstić information content (AvgIpc) is 2.73. The lowest BCUT2D eigenvalue weighted by Crippen LogP contribution is -2.41. The van der Waals surface area contributed by atoms with Gasteiger partial charge in [-0.1, -0.05) is 83.9 Å². The van der Waals surface area contributed by atoms with Crippen LogP contribution in [0, 0.1) is 0 Å². The van der Waals surface area contributed by atoms with Crippen molar-refractivity contribution in [2.45, 2.75) is 23.7 Å². The van der Waals surface area contributed by atoms with Gasteiger partial charge in [0.15, 0.2) is 0 Å². The van der Waals surface area contributed by atoms with E-state index in [9.17, 15) is 0 Å². The molecule has 0 saturated heterocycles. The summed E-state index contributed by atoms with van der Waals surface area (Å²) in [5, 5.41) is 0.885. The summed E-state index contributed by atoms with van der Waals surface area (Å²) in [6, 6.07) is 24.1. The van der Waals surface area contributed by atoms with Crippen molar-refractivity contribution in [2.75, 3.05) is 0 Å². The Balaban J connectivity index is 1.72. The zero-order chi connectivity index (χ0) is 22.2. The van der Waals surface area contributed by atoms with Gasteiger partial charge in [0.1, 0.15) is 10.3 Å². The van der Waals surface area contributed by atoms with Crippen LogP contribution in [0.25, 0.3) is 0 Å². The molecular weight excluding hydrogens is 486 g/mol. The van der Waals surface area contributed by atoms with Gasteiger partial charge in [-0.05, 0) is 46.5 Å². The normalized spacial score (nSPS) is 22.4. The summed E-state index contributed by atoms with van der Waals surface area (Å²) in [7, 11) is 0. The molecule has 0 aliphatic heterocycles. The van der Waals surface area contributed by atoms with Crippen LogP contribution >= 0.6 is 46.4 Å². The van der Waals surface area contributed by atoms with Crippen molar-refractivity contribution >= 4 is 46.4 Å². The maximum atomic E-state index is 6.27. The van der Waals surface area contributed by atoms with E-state index in [-0.39, 0.29) is 34.2 Å². The van der Waals surface area contributed by atoms with Gasteiger partial charge in [0, 0.05) is 23.7 Å². The molecule has 5 rings (SSSR count). The van der Waals surface area contributed by atoms with Crippen molar-refractivity contribution in [1.82, 2.24) is 19.9 Å². The quantitative estimate of drug-likeness (QED) is 0.217. The van der Waals surface area contributed by atoms with Crippen molar-refractivity contribution < 1.29 is 0 Å². The van der Waals surface area contributed by atoms with Gasteiger partial charge in [0.25, 0.3) is 0 Å². The molecule has 0 bridgehead atoms.